The van der Waals surface area contributed by atoms with Crippen molar-refractivity contribution in [1.82, 2.24) is 4.90 Å². The number of fused-ring (bicyclic) bond motifs is 2. The number of hydrogen-bond acceptors (Lipinski definition) is 5. The van der Waals surface area contributed by atoms with Crippen LogP contribution in [0.2, 0.25) is 6.32 Å². The molecule has 0 radical (unpaired) electrons. The maximum atomic E-state index is 12.0. The molecule has 0 spiro atoms. The molecule has 2 saturated heterocycles. The van der Waals surface area contributed by atoms with E-state index in [2.05, 4.69) is 29.2 Å². The lowest BCUT2D eigenvalue weighted by Gasteiger charge is -2.44. The molecule has 0 aromatic heterocycles. The topological polar surface area (TPSA) is 107 Å². The second kappa shape index (κ2) is 8.73. The van der Waals surface area contributed by atoms with Crippen LogP contribution in [0.3, 0.4) is 0 Å². The number of nitrogens with two attached hydrogens (primary N) is 1. The normalized spacial score (nSPS) is 27.3. The Morgan fingerprint density at radius 3 is 2.33 bits per heavy atom. The molecule has 5 N–H and O–H groups in total. The van der Waals surface area contributed by atoms with Crippen molar-refractivity contribution in [3.8, 4) is 0 Å². The fraction of sp³-hybridized carbons (Fsp3) is 0.650. The van der Waals surface area contributed by atoms with Crippen LogP contribution in [-0.2, 0) is 11.3 Å². The highest BCUT2D eigenvalue weighted by Gasteiger charge is 2.50. The van der Waals surface area contributed by atoms with Gasteiger partial charge in [-0.15, -0.1) is 0 Å². The summed E-state index contributed by atoms with van der Waals surface area (Å²) in [6, 6.07) is 11.2. The van der Waals surface area contributed by atoms with Crippen molar-refractivity contribution >= 4 is 13.1 Å². The second-order valence-corrected chi connectivity index (χ2v) is 8.28. The molecular weight excluding hydrogens is 343 g/mol. The molecule has 6 nitrogen and oxygen atoms in total. The van der Waals surface area contributed by atoms with Crippen LogP contribution in [0.25, 0.3) is 0 Å². The zero-order valence-electron chi connectivity index (χ0n) is 15.8. The molecular formula is C20H31BN2O4. The summed E-state index contributed by atoms with van der Waals surface area (Å²) in [7, 11) is -1.33. The van der Waals surface area contributed by atoms with Gasteiger partial charge in [-0.05, 0) is 49.9 Å². The minimum atomic E-state index is -1.33. The van der Waals surface area contributed by atoms with Gasteiger partial charge in [0, 0.05) is 18.6 Å². The van der Waals surface area contributed by atoms with Gasteiger partial charge in [0.05, 0.1) is 0 Å². The summed E-state index contributed by atoms with van der Waals surface area (Å²) in [5.41, 5.74) is 6.52. The molecule has 3 atom stereocenters. The van der Waals surface area contributed by atoms with Gasteiger partial charge >= 0.3 is 13.1 Å². The molecule has 2 heterocycles. The van der Waals surface area contributed by atoms with Gasteiger partial charge in [0.25, 0.3) is 0 Å². The van der Waals surface area contributed by atoms with Crippen molar-refractivity contribution in [3.63, 3.8) is 0 Å². The van der Waals surface area contributed by atoms with E-state index in [1.807, 2.05) is 6.07 Å². The number of nitrogens with zero attached hydrogens (tertiary/aromatic N) is 1. The summed E-state index contributed by atoms with van der Waals surface area (Å²) in [5.74, 6) is -0.952. The lowest BCUT2D eigenvalue weighted by Crippen LogP contribution is -2.58. The van der Waals surface area contributed by atoms with Crippen molar-refractivity contribution in [3.05, 3.63) is 35.9 Å². The zero-order valence-corrected chi connectivity index (χ0v) is 15.8. The lowest BCUT2D eigenvalue weighted by atomic mass is 9.72. The van der Waals surface area contributed by atoms with Gasteiger partial charge in [0.15, 0.2) is 0 Å². The van der Waals surface area contributed by atoms with E-state index in [0.717, 1.165) is 32.2 Å². The highest BCUT2D eigenvalue weighted by atomic mass is 16.4. The Labute approximate surface area is 161 Å². The number of carboxylic acid groups (broad SMARTS) is 1. The first-order valence-electron chi connectivity index (χ1n) is 10.1. The van der Waals surface area contributed by atoms with Crippen LogP contribution in [0.1, 0.15) is 50.5 Å². The largest absolute Gasteiger partial charge is 0.480 e. The third-order valence-electron chi connectivity index (χ3n) is 6.52. The van der Waals surface area contributed by atoms with Crippen LogP contribution in [0, 0.1) is 5.92 Å². The number of unbranched alkanes of at least 4 members (excludes halogenated alkanes) is 1. The van der Waals surface area contributed by atoms with E-state index in [4.69, 9.17) is 15.8 Å². The van der Waals surface area contributed by atoms with E-state index >= 15 is 0 Å². The van der Waals surface area contributed by atoms with Crippen LogP contribution in [0.15, 0.2) is 30.3 Å². The van der Waals surface area contributed by atoms with E-state index in [-0.39, 0.29) is 12.2 Å². The highest BCUT2D eigenvalue weighted by Crippen LogP contribution is 2.44. The first-order chi connectivity index (χ1) is 12.9. The van der Waals surface area contributed by atoms with E-state index < -0.39 is 18.6 Å². The number of rotatable bonds is 9. The molecule has 2 aliphatic rings. The Balaban J connectivity index is 1.63. The van der Waals surface area contributed by atoms with Gasteiger partial charge in [-0.2, -0.15) is 0 Å². The van der Waals surface area contributed by atoms with Crippen LogP contribution in [-0.4, -0.2) is 50.8 Å². The summed E-state index contributed by atoms with van der Waals surface area (Å²) >= 11 is 0. The molecule has 1 aromatic carbocycles. The van der Waals surface area contributed by atoms with Gasteiger partial charge in [0.2, 0.25) is 0 Å². The van der Waals surface area contributed by atoms with Gasteiger partial charge in [-0.3, -0.25) is 9.69 Å². The van der Waals surface area contributed by atoms with E-state index in [0.29, 0.717) is 31.3 Å². The number of piperidine rings is 1. The van der Waals surface area contributed by atoms with Crippen LogP contribution in [0.4, 0.5) is 0 Å². The monoisotopic (exact) mass is 374 g/mol. The molecule has 27 heavy (non-hydrogen) atoms. The molecule has 3 rings (SSSR count). The molecule has 0 amide bonds. The van der Waals surface area contributed by atoms with Crippen molar-refractivity contribution in [2.45, 2.75) is 75.4 Å². The highest BCUT2D eigenvalue weighted by molar-refractivity contribution is 6.40. The average molecular weight is 374 g/mol. The van der Waals surface area contributed by atoms with Crippen molar-refractivity contribution in [1.29, 1.82) is 0 Å². The lowest BCUT2D eigenvalue weighted by molar-refractivity contribution is -0.147. The van der Waals surface area contributed by atoms with Gasteiger partial charge in [-0.25, -0.2) is 0 Å². The van der Waals surface area contributed by atoms with Crippen molar-refractivity contribution in [2.24, 2.45) is 11.7 Å². The minimum Gasteiger partial charge on any atom is -0.480 e. The Kier molecular flexibility index (Phi) is 6.58. The Morgan fingerprint density at radius 2 is 1.78 bits per heavy atom. The standard InChI is InChI=1S/C20H31BN2O4/c22-20(19(24)25,10-4-5-11-21(26)27)16-12-17-8-9-18(13-16)23(17)14-15-6-2-1-3-7-15/h1-3,6-7,16-18,26-27H,4-5,8-14,22H2,(H,24,25). The number of benzene rings is 1. The molecule has 3 unspecified atom stereocenters. The maximum absolute atomic E-state index is 12.0. The molecule has 7 heteroatoms. The quantitative estimate of drug-likeness (QED) is 0.388. The Hall–Kier alpha value is -1.41. The SMILES string of the molecule is NC(CCCCB(O)O)(C(=O)O)C1CC2CCC(C1)N2Cc1ccccc1. The van der Waals surface area contributed by atoms with Gasteiger partial charge in [-0.1, -0.05) is 43.2 Å². The minimum absolute atomic E-state index is 0.0291. The maximum Gasteiger partial charge on any atom is 0.451 e. The number of aliphatic carboxylic acids is 1. The average Bonchev–Trinajstić information content (AvgIpc) is 2.87. The zero-order chi connectivity index (χ0) is 19.4. The third kappa shape index (κ3) is 4.72. The van der Waals surface area contributed by atoms with E-state index in [9.17, 15) is 9.90 Å². The van der Waals surface area contributed by atoms with Crippen molar-refractivity contribution < 1.29 is 19.9 Å². The summed E-state index contributed by atoms with van der Waals surface area (Å²) < 4.78 is 0. The second-order valence-electron chi connectivity index (χ2n) is 8.28. The van der Waals surface area contributed by atoms with Gasteiger partial charge < -0.3 is 20.9 Å². The summed E-state index contributed by atoms with van der Waals surface area (Å²) in [4.78, 5) is 14.6. The third-order valence-corrected chi connectivity index (χ3v) is 6.52. The van der Waals surface area contributed by atoms with Crippen molar-refractivity contribution in [2.75, 3.05) is 0 Å². The van der Waals surface area contributed by atoms with E-state index in [1.54, 1.807) is 0 Å². The van der Waals surface area contributed by atoms with Crippen LogP contribution in [0.5, 0.6) is 0 Å². The Bertz CT molecular complexity index is 616. The predicted octanol–water partition coefficient (Wildman–Crippen LogP) is 1.85. The van der Waals surface area contributed by atoms with E-state index in [1.165, 1.54) is 5.56 Å². The number of carboxylic acids is 1. The van der Waals surface area contributed by atoms with Crippen LogP contribution >= 0.6 is 0 Å². The number of hydrogen-bond donors (Lipinski definition) is 4. The fourth-order valence-electron chi connectivity index (χ4n) is 4.98. The van der Waals surface area contributed by atoms with Gasteiger partial charge in [0.1, 0.15) is 5.54 Å². The molecule has 148 valence electrons. The molecule has 1 aromatic rings. The molecule has 2 bridgehead atoms. The summed E-state index contributed by atoms with van der Waals surface area (Å²) in [5, 5.41) is 27.8. The fourth-order valence-corrected chi connectivity index (χ4v) is 4.98. The molecule has 0 saturated carbocycles. The molecule has 2 aliphatic heterocycles. The first kappa shape index (κ1) is 20.3. The predicted molar refractivity (Wildman–Crippen MR) is 105 cm³/mol. The molecule has 0 aliphatic carbocycles. The first-order valence-corrected chi connectivity index (χ1v) is 10.1. The Morgan fingerprint density at radius 1 is 1.15 bits per heavy atom. The summed E-state index contributed by atoms with van der Waals surface area (Å²) in [6.45, 7) is 0.919. The number of carbonyl (C=O) groups is 1. The molecule has 2 fully saturated rings. The van der Waals surface area contributed by atoms with Crippen LogP contribution < -0.4 is 5.73 Å². The summed E-state index contributed by atoms with van der Waals surface area (Å²) in [6.07, 6.45) is 5.70. The smallest absolute Gasteiger partial charge is 0.451 e.